The van der Waals surface area contributed by atoms with E-state index in [9.17, 15) is 5.26 Å². The van der Waals surface area contributed by atoms with Gasteiger partial charge in [-0.1, -0.05) is 13.0 Å². The van der Waals surface area contributed by atoms with Gasteiger partial charge >= 0.3 is 0 Å². The molecule has 194 valence electrons. The van der Waals surface area contributed by atoms with Crippen LogP contribution in [0.1, 0.15) is 30.0 Å². The zero-order chi connectivity index (χ0) is 25.7. The lowest BCUT2D eigenvalue weighted by Gasteiger charge is -2.50. The number of rotatable bonds is 7. The Balaban J connectivity index is 1.09. The summed E-state index contributed by atoms with van der Waals surface area (Å²) in [4.78, 5) is 9.64. The molecule has 2 fully saturated rings. The van der Waals surface area contributed by atoms with E-state index in [1.54, 1.807) is 0 Å². The standard InChI is InChI=1S/C28H31N9O/c1-2-20-13-30-37(14-20)28(8-9-29)18-35(19-28)25-4-3-10-36-26(25)32-27(33-36)31-23-6-5-22-15-34(24-16-38-17-24)11-7-21(22)12-23/h3-6,10,12-14,24H,2,7-8,11,15-19H2,1H3,(H,31,33). The number of nitrogens with one attached hydrogen (secondary N) is 1. The molecule has 0 radical (unpaired) electrons. The number of fused-ring (bicyclic) bond motifs is 2. The van der Waals surface area contributed by atoms with Crippen molar-refractivity contribution in [3.8, 4) is 6.07 Å². The number of pyridine rings is 1. The molecule has 4 aromatic rings. The highest BCUT2D eigenvalue weighted by atomic mass is 16.5. The van der Waals surface area contributed by atoms with Crippen LogP contribution in [-0.4, -0.2) is 68.2 Å². The fourth-order valence-corrected chi connectivity index (χ4v) is 5.84. The van der Waals surface area contributed by atoms with E-state index in [1.165, 1.54) is 16.7 Å². The first-order valence-electron chi connectivity index (χ1n) is 13.4. The molecule has 0 amide bonds. The van der Waals surface area contributed by atoms with Crippen LogP contribution >= 0.6 is 0 Å². The molecule has 10 nitrogen and oxygen atoms in total. The molecule has 0 atom stereocenters. The van der Waals surface area contributed by atoms with Gasteiger partial charge in [0, 0.05) is 44.3 Å². The summed E-state index contributed by atoms with van der Waals surface area (Å²) in [5.74, 6) is 0.574. The van der Waals surface area contributed by atoms with Crippen molar-refractivity contribution in [1.82, 2.24) is 29.3 Å². The highest BCUT2D eigenvalue weighted by Crippen LogP contribution is 2.37. The lowest BCUT2D eigenvalue weighted by Crippen LogP contribution is -2.63. The summed E-state index contributed by atoms with van der Waals surface area (Å²) >= 11 is 0. The topological polar surface area (TPSA) is 99.5 Å². The van der Waals surface area contributed by atoms with Crippen LogP contribution in [0.2, 0.25) is 0 Å². The van der Waals surface area contributed by atoms with Crippen molar-refractivity contribution in [3.63, 3.8) is 0 Å². The minimum atomic E-state index is -0.319. The maximum atomic E-state index is 9.54. The van der Waals surface area contributed by atoms with E-state index in [-0.39, 0.29) is 5.54 Å². The van der Waals surface area contributed by atoms with Crippen LogP contribution in [0.3, 0.4) is 0 Å². The average molecular weight is 510 g/mol. The Hall–Kier alpha value is -3.94. The largest absolute Gasteiger partial charge is 0.378 e. The molecular formula is C28H31N9O. The molecule has 3 aliphatic rings. The fourth-order valence-electron chi connectivity index (χ4n) is 5.84. The van der Waals surface area contributed by atoms with Crippen LogP contribution in [-0.2, 0) is 29.7 Å². The Morgan fingerprint density at radius 2 is 2.11 bits per heavy atom. The van der Waals surface area contributed by atoms with Crippen molar-refractivity contribution in [1.29, 1.82) is 5.26 Å². The van der Waals surface area contributed by atoms with Crippen molar-refractivity contribution >= 4 is 23.0 Å². The molecule has 0 aliphatic carbocycles. The van der Waals surface area contributed by atoms with E-state index in [1.807, 2.05) is 27.7 Å². The van der Waals surface area contributed by atoms with Crippen molar-refractivity contribution in [3.05, 3.63) is 65.6 Å². The zero-order valence-electron chi connectivity index (χ0n) is 21.5. The van der Waals surface area contributed by atoms with Crippen molar-refractivity contribution in [2.75, 3.05) is 43.1 Å². The molecule has 1 N–H and O–H groups in total. The summed E-state index contributed by atoms with van der Waals surface area (Å²) in [6, 6.07) is 13.6. The van der Waals surface area contributed by atoms with Gasteiger partial charge in [0.2, 0.25) is 5.95 Å². The maximum absolute atomic E-state index is 9.54. The number of nitriles is 1. The minimum Gasteiger partial charge on any atom is -0.378 e. The Kier molecular flexibility index (Phi) is 5.56. The highest BCUT2D eigenvalue weighted by Gasteiger charge is 2.46. The SMILES string of the molecule is CCc1cnn(C2(CC#N)CN(c3cccn4nc(Nc5ccc6c(c5)CCN(C5COC5)C6)nc34)C2)c1. The summed E-state index contributed by atoms with van der Waals surface area (Å²) in [5, 5.41) is 22.2. The molecule has 7 rings (SSSR count). The normalized spacial score (nSPS) is 19.0. The lowest BCUT2D eigenvalue weighted by molar-refractivity contribution is -0.0694. The molecule has 38 heavy (non-hydrogen) atoms. The first-order chi connectivity index (χ1) is 18.6. The van der Waals surface area contributed by atoms with Crippen LogP contribution in [0.25, 0.3) is 5.65 Å². The molecule has 3 aliphatic heterocycles. The molecule has 0 spiro atoms. The summed E-state index contributed by atoms with van der Waals surface area (Å²) < 4.78 is 9.18. The van der Waals surface area contributed by atoms with E-state index in [0.717, 1.165) is 56.2 Å². The number of aromatic nitrogens is 5. The fraction of sp³-hybridized carbons (Fsp3) is 0.429. The van der Waals surface area contributed by atoms with Crippen molar-refractivity contribution in [2.24, 2.45) is 0 Å². The Morgan fingerprint density at radius 3 is 2.87 bits per heavy atom. The van der Waals surface area contributed by atoms with E-state index in [4.69, 9.17) is 14.8 Å². The number of aryl methyl sites for hydroxylation is 1. The van der Waals surface area contributed by atoms with E-state index >= 15 is 0 Å². The minimum absolute atomic E-state index is 0.319. The number of hydrogen-bond acceptors (Lipinski definition) is 8. The third kappa shape index (κ3) is 3.90. The van der Waals surface area contributed by atoms with Gasteiger partial charge in [0.05, 0.1) is 43.6 Å². The molecule has 1 aromatic carbocycles. The number of ether oxygens (including phenoxy) is 1. The third-order valence-corrected chi connectivity index (χ3v) is 8.23. The first kappa shape index (κ1) is 23.2. The number of benzene rings is 1. The summed E-state index contributed by atoms with van der Waals surface area (Å²) in [5.41, 5.74) is 6.45. The highest BCUT2D eigenvalue weighted by molar-refractivity contribution is 5.72. The summed E-state index contributed by atoms with van der Waals surface area (Å²) in [7, 11) is 0. The summed E-state index contributed by atoms with van der Waals surface area (Å²) in [6.45, 7) is 7.30. The van der Waals surface area contributed by atoms with Crippen LogP contribution < -0.4 is 10.2 Å². The van der Waals surface area contributed by atoms with Gasteiger partial charge in [-0.15, -0.1) is 5.10 Å². The smallest absolute Gasteiger partial charge is 0.247 e. The Morgan fingerprint density at radius 1 is 1.21 bits per heavy atom. The molecule has 2 saturated heterocycles. The molecule has 0 saturated carbocycles. The first-order valence-corrected chi connectivity index (χ1v) is 13.4. The predicted octanol–water partition coefficient (Wildman–Crippen LogP) is 3.12. The van der Waals surface area contributed by atoms with Crippen LogP contribution in [0, 0.1) is 11.3 Å². The third-order valence-electron chi connectivity index (χ3n) is 8.23. The second kappa shape index (κ2) is 9.11. The maximum Gasteiger partial charge on any atom is 0.247 e. The number of hydrogen-bond donors (Lipinski definition) is 1. The van der Waals surface area contributed by atoms with Gasteiger partial charge in [-0.2, -0.15) is 15.3 Å². The zero-order valence-corrected chi connectivity index (χ0v) is 21.5. The van der Waals surface area contributed by atoms with Gasteiger partial charge in [0.15, 0.2) is 5.65 Å². The van der Waals surface area contributed by atoms with Gasteiger partial charge < -0.3 is 15.0 Å². The van der Waals surface area contributed by atoms with Gasteiger partial charge in [-0.25, -0.2) is 4.52 Å². The van der Waals surface area contributed by atoms with E-state index in [0.29, 0.717) is 31.5 Å². The second-order valence-corrected chi connectivity index (χ2v) is 10.7. The van der Waals surface area contributed by atoms with Crippen LogP contribution in [0.5, 0.6) is 0 Å². The van der Waals surface area contributed by atoms with Gasteiger partial charge in [-0.3, -0.25) is 9.58 Å². The average Bonchev–Trinajstić information content (AvgIpc) is 3.52. The number of anilines is 3. The number of nitrogens with zero attached hydrogens (tertiary/aromatic N) is 8. The lowest BCUT2D eigenvalue weighted by atomic mass is 9.86. The molecule has 0 unspecified atom stereocenters. The Labute approximate surface area is 221 Å². The molecule has 0 bridgehead atoms. The van der Waals surface area contributed by atoms with E-state index < -0.39 is 0 Å². The Bertz CT molecular complexity index is 1520. The van der Waals surface area contributed by atoms with Gasteiger partial charge in [0.1, 0.15) is 5.54 Å². The van der Waals surface area contributed by atoms with Crippen LogP contribution in [0.4, 0.5) is 17.3 Å². The van der Waals surface area contributed by atoms with Gasteiger partial charge in [0.25, 0.3) is 0 Å². The molecule has 10 heteroatoms. The summed E-state index contributed by atoms with van der Waals surface area (Å²) in [6.07, 6.45) is 8.29. The molecule has 6 heterocycles. The van der Waals surface area contributed by atoms with E-state index in [2.05, 4.69) is 63.7 Å². The van der Waals surface area contributed by atoms with Crippen LogP contribution in [0.15, 0.2) is 48.9 Å². The molecular weight excluding hydrogens is 478 g/mol. The second-order valence-electron chi connectivity index (χ2n) is 10.7. The van der Waals surface area contributed by atoms with Crippen molar-refractivity contribution < 1.29 is 4.74 Å². The van der Waals surface area contributed by atoms with Gasteiger partial charge in [-0.05, 0) is 53.8 Å². The van der Waals surface area contributed by atoms with Crippen molar-refractivity contribution in [2.45, 2.75) is 44.3 Å². The quantitative estimate of drug-likeness (QED) is 0.406. The molecule has 3 aromatic heterocycles. The monoisotopic (exact) mass is 509 g/mol. The predicted molar refractivity (Wildman–Crippen MR) is 143 cm³/mol.